The number of nitrogens with zero attached hydrogens (tertiary/aromatic N) is 5. The molecule has 7 nitrogen and oxygen atoms in total. The van der Waals surface area contributed by atoms with Crippen LogP contribution in [0.1, 0.15) is 31.5 Å². The van der Waals surface area contributed by atoms with Crippen molar-refractivity contribution in [2.24, 2.45) is 5.73 Å². The molecule has 142 valence electrons. The molecule has 3 aromatic heterocycles. The first-order valence-electron chi connectivity index (χ1n) is 9.03. The highest BCUT2D eigenvalue weighted by molar-refractivity contribution is 7.13. The Balaban J connectivity index is 1.60. The Morgan fingerprint density at radius 2 is 2.00 bits per heavy atom. The largest absolute Gasteiger partial charge is 0.330 e. The quantitative estimate of drug-likeness (QED) is 0.562. The normalized spacial score (nSPS) is 15.9. The lowest BCUT2D eigenvalue weighted by Gasteiger charge is -2.17. The summed E-state index contributed by atoms with van der Waals surface area (Å²) in [6.07, 6.45) is 3.76. The van der Waals surface area contributed by atoms with Gasteiger partial charge in [0.1, 0.15) is 5.82 Å². The van der Waals surface area contributed by atoms with E-state index < -0.39 is 5.54 Å². The Bertz CT molecular complexity index is 1110. The molecule has 1 aliphatic rings. The third-order valence-corrected chi connectivity index (χ3v) is 5.83. The van der Waals surface area contributed by atoms with Crippen LogP contribution in [0.25, 0.3) is 28.1 Å². The maximum absolute atomic E-state index is 13.8. The molecule has 1 aromatic carbocycles. The van der Waals surface area contributed by atoms with Gasteiger partial charge < -0.3 is 10.3 Å². The van der Waals surface area contributed by atoms with Crippen LogP contribution in [0.15, 0.2) is 46.3 Å². The van der Waals surface area contributed by atoms with Gasteiger partial charge in [0, 0.05) is 0 Å². The first-order valence-corrected chi connectivity index (χ1v) is 9.91. The molecule has 0 spiro atoms. The molecule has 9 heteroatoms. The fourth-order valence-electron chi connectivity index (χ4n) is 3.50. The molecule has 1 saturated carbocycles. The third-order valence-electron chi connectivity index (χ3n) is 4.96. The van der Waals surface area contributed by atoms with Gasteiger partial charge in [-0.15, -0.1) is 16.4 Å². The molecule has 0 radical (unpaired) electrons. The van der Waals surface area contributed by atoms with Crippen LogP contribution < -0.4 is 5.73 Å². The molecule has 0 bridgehead atoms. The van der Waals surface area contributed by atoms with Crippen molar-refractivity contribution in [1.82, 2.24) is 24.9 Å². The molecule has 0 unspecified atom stereocenters. The summed E-state index contributed by atoms with van der Waals surface area (Å²) < 4.78 is 20.8. The Morgan fingerprint density at radius 3 is 2.75 bits per heavy atom. The first kappa shape index (κ1) is 17.2. The van der Waals surface area contributed by atoms with E-state index in [1.54, 1.807) is 16.8 Å². The minimum absolute atomic E-state index is 0.208. The summed E-state index contributed by atoms with van der Waals surface area (Å²) in [7, 11) is 0. The summed E-state index contributed by atoms with van der Waals surface area (Å²) in [6, 6.07) is 10.0. The minimum atomic E-state index is -0.552. The van der Waals surface area contributed by atoms with E-state index >= 15 is 0 Å². The van der Waals surface area contributed by atoms with Gasteiger partial charge in [0.25, 0.3) is 5.89 Å². The number of thiophene rings is 1. The molecular formula is C19H17FN6OS. The topological polar surface area (TPSA) is 95.7 Å². The van der Waals surface area contributed by atoms with E-state index in [0.717, 1.165) is 30.6 Å². The number of benzene rings is 1. The molecule has 0 saturated heterocycles. The number of halogens is 1. The number of nitrogens with two attached hydrogens (primary N) is 1. The molecule has 28 heavy (non-hydrogen) atoms. The zero-order valence-corrected chi connectivity index (χ0v) is 15.7. The highest BCUT2D eigenvalue weighted by Gasteiger charge is 2.36. The lowest BCUT2D eigenvalue weighted by atomic mass is 9.99. The Hall–Kier alpha value is -2.91. The zero-order valence-electron chi connectivity index (χ0n) is 14.9. The predicted molar refractivity (Wildman–Crippen MR) is 102 cm³/mol. The summed E-state index contributed by atoms with van der Waals surface area (Å²) in [5.74, 6) is 1.21. The second kappa shape index (κ2) is 6.61. The lowest BCUT2D eigenvalue weighted by Crippen LogP contribution is -2.34. The van der Waals surface area contributed by atoms with E-state index in [1.807, 2.05) is 17.5 Å². The summed E-state index contributed by atoms with van der Waals surface area (Å²) >= 11 is 1.52. The Morgan fingerprint density at radius 1 is 1.14 bits per heavy atom. The van der Waals surface area contributed by atoms with Crippen molar-refractivity contribution in [2.45, 2.75) is 31.2 Å². The zero-order chi connectivity index (χ0) is 19.1. The summed E-state index contributed by atoms with van der Waals surface area (Å²) in [6.45, 7) is 0. The van der Waals surface area contributed by atoms with Crippen LogP contribution in [0.4, 0.5) is 4.39 Å². The van der Waals surface area contributed by atoms with Crippen molar-refractivity contribution < 1.29 is 8.91 Å². The van der Waals surface area contributed by atoms with Crippen LogP contribution >= 0.6 is 11.3 Å². The molecule has 0 amide bonds. The second-order valence-electron chi connectivity index (χ2n) is 6.91. The van der Waals surface area contributed by atoms with Crippen LogP contribution in [0.3, 0.4) is 0 Å². The molecule has 0 aliphatic heterocycles. The van der Waals surface area contributed by atoms with Crippen molar-refractivity contribution in [3.63, 3.8) is 0 Å². The van der Waals surface area contributed by atoms with Crippen LogP contribution in [0.5, 0.6) is 0 Å². The molecule has 1 aliphatic carbocycles. The van der Waals surface area contributed by atoms with Crippen LogP contribution in [0, 0.1) is 5.82 Å². The van der Waals surface area contributed by atoms with E-state index in [9.17, 15) is 4.39 Å². The molecule has 2 N–H and O–H groups in total. The van der Waals surface area contributed by atoms with E-state index in [2.05, 4.69) is 20.2 Å². The SMILES string of the molecule is NC1(c2noc(-c3nc(-c4cccs4)n(-c4cccc(F)c4)n3)n2)CCCC1. The highest BCUT2D eigenvalue weighted by atomic mass is 32.1. The number of hydrogen-bond donors (Lipinski definition) is 1. The smallest absolute Gasteiger partial charge is 0.297 e. The summed E-state index contributed by atoms with van der Waals surface area (Å²) in [5.41, 5.74) is 6.43. The molecule has 4 aromatic rings. The predicted octanol–water partition coefficient (Wildman–Crippen LogP) is 3.91. The minimum Gasteiger partial charge on any atom is -0.330 e. The average molecular weight is 396 g/mol. The number of hydrogen-bond acceptors (Lipinski definition) is 7. The van der Waals surface area contributed by atoms with Gasteiger partial charge >= 0.3 is 0 Å². The van der Waals surface area contributed by atoms with E-state index in [1.165, 1.54) is 23.5 Å². The van der Waals surface area contributed by atoms with Crippen molar-refractivity contribution >= 4 is 11.3 Å². The fraction of sp³-hybridized carbons (Fsp3) is 0.263. The molecule has 3 heterocycles. The standard InChI is InChI=1S/C19H17FN6OS/c20-12-5-3-6-13(11-12)26-16(14-7-4-10-28-14)22-15(24-26)17-23-18(25-27-17)19(21)8-1-2-9-19/h3-7,10-11H,1-2,8-9,21H2. The Kier molecular flexibility index (Phi) is 4.06. The maximum Gasteiger partial charge on any atom is 0.297 e. The average Bonchev–Trinajstić information content (AvgIpc) is 3.45. The van der Waals surface area contributed by atoms with Gasteiger partial charge in [-0.1, -0.05) is 30.1 Å². The fourth-order valence-corrected chi connectivity index (χ4v) is 4.20. The van der Waals surface area contributed by atoms with Gasteiger partial charge in [0.2, 0.25) is 5.82 Å². The Labute approximate surface area is 164 Å². The van der Waals surface area contributed by atoms with Gasteiger partial charge in [0.15, 0.2) is 11.6 Å². The molecule has 1 fully saturated rings. The van der Waals surface area contributed by atoms with Crippen molar-refractivity contribution in [3.05, 3.63) is 53.4 Å². The van der Waals surface area contributed by atoms with Gasteiger partial charge in [-0.05, 0) is 42.5 Å². The lowest BCUT2D eigenvalue weighted by molar-refractivity contribution is 0.372. The number of aromatic nitrogens is 5. The van der Waals surface area contributed by atoms with Crippen LogP contribution in [-0.4, -0.2) is 24.9 Å². The van der Waals surface area contributed by atoms with E-state index in [4.69, 9.17) is 10.3 Å². The first-order chi connectivity index (χ1) is 13.6. The van der Waals surface area contributed by atoms with Crippen molar-refractivity contribution in [3.8, 4) is 28.1 Å². The molecular weight excluding hydrogens is 379 g/mol. The van der Waals surface area contributed by atoms with Crippen molar-refractivity contribution in [1.29, 1.82) is 0 Å². The van der Waals surface area contributed by atoms with Crippen molar-refractivity contribution in [2.75, 3.05) is 0 Å². The van der Waals surface area contributed by atoms with Gasteiger partial charge in [-0.25, -0.2) is 14.1 Å². The second-order valence-corrected chi connectivity index (χ2v) is 7.86. The number of rotatable bonds is 4. The maximum atomic E-state index is 13.8. The highest BCUT2D eigenvalue weighted by Crippen LogP contribution is 2.35. The van der Waals surface area contributed by atoms with E-state index in [-0.39, 0.29) is 17.5 Å². The molecule has 0 atom stereocenters. The van der Waals surface area contributed by atoms with Gasteiger partial charge in [-0.2, -0.15) is 4.98 Å². The monoisotopic (exact) mass is 396 g/mol. The van der Waals surface area contributed by atoms with E-state index in [0.29, 0.717) is 17.3 Å². The van der Waals surface area contributed by atoms with Crippen LogP contribution in [0.2, 0.25) is 0 Å². The van der Waals surface area contributed by atoms with Crippen LogP contribution in [-0.2, 0) is 5.54 Å². The van der Waals surface area contributed by atoms with Gasteiger partial charge in [0.05, 0.1) is 16.1 Å². The summed E-state index contributed by atoms with van der Waals surface area (Å²) in [4.78, 5) is 9.96. The third kappa shape index (κ3) is 2.92. The van der Waals surface area contributed by atoms with Gasteiger partial charge in [-0.3, -0.25) is 0 Å². The molecule has 5 rings (SSSR count). The summed E-state index contributed by atoms with van der Waals surface area (Å²) in [5, 5.41) is 10.5.